The van der Waals surface area contributed by atoms with Crippen molar-refractivity contribution in [2.24, 2.45) is 5.92 Å². The van der Waals surface area contributed by atoms with Crippen LogP contribution in [0.5, 0.6) is 0 Å². The second kappa shape index (κ2) is 5.70. The SMILES string of the molecule is CCc1nnc(C(C)N2CCc3nnn(C4CC(C)C4)c3C2)o1. The molecule has 7 nitrogen and oxygen atoms in total. The summed E-state index contributed by atoms with van der Waals surface area (Å²) in [6, 6.07) is 0.659. The maximum Gasteiger partial charge on any atom is 0.233 e. The molecule has 7 heteroatoms. The molecule has 0 bridgehead atoms. The fourth-order valence-electron chi connectivity index (χ4n) is 3.64. The Kier molecular flexibility index (Phi) is 3.67. The van der Waals surface area contributed by atoms with Gasteiger partial charge in [0.1, 0.15) is 0 Å². The second-order valence-electron chi connectivity index (χ2n) is 6.94. The molecule has 0 saturated heterocycles. The van der Waals surface area contributed by atoms with Gasteiger partial charge in [-0.1, -0.05) is 19.1 Å². The van der Waals surface area contributed by atoms with Crippen molar-refractivity contribution in [1.82, 2.24) is 30.1 Å². The third-order valence-corrected chi connectivity index (χ3v) is 5.24. The zero-order chi connectivity index (χ0) is 16.0. The van der Waals surface area contributed by atoms with E-state index in [4.69, 9.17) is 4.42 Å². The molecular formula is C16H24N6O. The van der Waals surface area contributed by atoms with Crippen LogP contribution in [0.2, 0.25) is 0 Å². The predicted molar refractivity (Wildman–Crippen MR) is 83.7 cm³/mol. The fourth-order valence-corrected chi connectivity index (χ4v) is 3.64. The van der Waals surface area contributed by atoms with Crippen molar-refractivity contribution in [2.45, 2.75) is 65.1 Å². The van der Waals surface area contributed by atoms with Crippen molar-refractivity contribution in [3.63, 3.8) is 0 Å². The lowest BCUT2D eigenvalue weighted by molar-refractivity contribution is 0.145. The van der Waals surface area contributed by atoms with Gasteiger partial charge in [-0.05, 0) is 25.7 Å². The smallest absolute Gasteiger partial charge is 0.233 e. The van der Waals surface area contributed by atoms with Crippen molar-refractivity contribution < 1.29 is 4.42 Å². The second-order valence-corrected chi connectivity index (χ2v) is 6.94. The van der Waals surface area contributed by atoms with Crippen molar-refractivity contribution in [1.29, 1.82) is 0 Å². The van der Waals surface area contributed by atoms with Crippen LogP contribution in [0, 0.1) is 5.92 Å². The molecule has 1 atom stereocenters. The number of aryl methyl sites for hydroxylation is 1. The van der Waals surface area contributed by atoms with Gasteiger partial charge in [0.15, 0.2) is 0 Å². The standard InChI is InChI=1S/C16H24N6O/c1-4-15-18-19-16(23-15)11(3)21-6-5-13-14(9-21)22(20-17-13)12-7-10(2)8-12/h10-12H,4-9H2,1-3H3. The molecular weight excluding hydrogens is 292 g/mol. The van der Waals surface area contributed by atoms with E-state index in [2.05, 4.69) is 43.9 Å². The van der Waals surface area contributed by atoms with Crippen LogP contribution in [0.4, 0.5) is 0 Å². The Bertz CT molecular complexity index is 687. The topological polar surface area (TPSA) is 72.9 Å². The molecule has 1 aliphatic carbocycles. The van der Waals surface area contributed by atoms with Gasteiger partial charge in [0.25, 0.3) is 0 Å². The Morgan fingerprint density at radius 3 is 2.78 bits per heavy atom. The van der Waals surface area contributed by atoms with E-state index in [9.17, 15) is 0 Å². The summed E-state index contributed by atoms with van der Waals surface area (Å²) < 4.78 is 7.91. The quantitative estimate of drug-likeness (QED) is 0.862. The lowest BCUT2D eigenvalue weighted by Gasteiger charge is -2.36. The Balaban J connectivity index is 1.52. The molecule has 0 radical (unpaired) electrons. The average molecular weight is 316 g/mol. The van der Waals surface area contributed by atoms with Crippen molar-refractivity contribution in [3.8, 4) is 0 Å². The summed E-state index contributed by atoms with van der Waals surface area (Å²) in [7, 11) is 0. The molecule has 124 valence electrons. The molecule has 2 aliphatic rings. The molecule has 4 rings (SSSR count). The minimum absolute atomic E-state index is 0.125. The van der Waals surface area contributed by atoms with E-state index in [0.717, 1.165) is 37.5 Å². The fraction of sp³-hybridized carbons (Fsp3) is 0.750. The van der Waals surface area contributed by atoms with Gasteiger partial charge < -0.3 is 4.42 Å². The molecule has 1 unspecified atom stereocenters. The first kappa shape index (κ1) is 14.8. The van der Waals surface area contributed by atoms with Crippen molar-refractivity contribution >= 4 is 0 Å². The summed E-state index contributed by atoms with van der Waals surface area (Å²) in [4.78, 5) is 2.39. The van der Waals surface area contributed by atoms with E-state index in [0.29, 0.717) is 17.8 Å². The Labute approximate surface area is 136 Å². The van der Waals surface area contributed by atoms with Crippen molar-refractivity contribution in [3.05, 3.63) is 23.2 Å². The normalized spacial score (nSPS) is 25.9. The number of hydrogen-bond acceptors (Lipinski definition) is 6. The molecule has 0 amide bonds. The van der Waals surface area contributed by atoms with Gasteiger partial charge in [-0.3, -0.25) is 4.90 Å². The molecule has 2 aromatic heterocycles. The molecule has 0 spiro atoms. The largest absolute Gasteiger partial charge is 0.424 e. The molecule has 23 heavy (non-hydrogen) atoms. The maximum atomic E-state index is 5.74. The summed E-state index contributed by atoms with van der Waals surface area (Å²) in [5, 5.41) is 17.1. The average Bonchev–Trinajstić information content (AvgIpc) is 3.17. The summed E-state index contributed by atoms with van der Waals surface area (Å²) in [5.41, 5.74) is 2.43. The van der Waals surface area contributed by atoms with Gasteiger partial charge in [-0.15, -0.1) is 15.3 Å². The van der Waals surface area contributed by atoms with Gasteiger partial charge in [-0.2, -0.15) is 0 Å². The minimum atomic E-state index is 0.125. The van der Waals surface area contributed by atoms with Gasteiger partial charge in [0.2, 0.25) is 11.8 Å². The van der Waals surface area contributed by atoms with E-state index in [-0.39, 0.29) is 6.04 Å². The van der Waals surface area contributed by atoms with Crippen LogP contribution in [0.3, 0.4) is 0 Å². The third-order valence-electron chi connectivity index (χ3n) is 5.24. The van der Waals surface area contributed by atoms with Crippen molar-refractivity contribution in [2.75, 3.05) is 6.54 Å². The first-order valence-corrected chi connectivity index (χ1v) is 8.65. The van der Waals surface area contributed by atoms with Gasteiger partial charge in [-0.25, -0.2) is 4.68 Å². The van der Waals surface area contributed by atoms with E-state index in [1.807, 2.05) is 6.92 Å². The van der Waals surface area contributed by atoms with E-state index < -0.39 is 0 Å². The maximum absolute atomic E-state index is 5.74. The van der Waals surface area contributed by atoms with Crippen LogP contribution in [-0.2, 0) is 19.4 Å². The summed E-state index contributed by atoms with van der Waals surface area (Å²) in [6.45, 7) is 8.28. The number of aromatic nitrogens is 5. The number of fused-ring (bicyclic) bond motifs is 1. The summed E-state index contributed by atoms with van der Waals surface area (Å²) in [5.74, 6) is 2.23. The summed E-state index contributed by atoms with van der Waals surface area (Å²) in [6.07, 6.45) is 4.15. The number of rotatable bonds is 4. The van der Waals surface area contributed by atoms with E-state index >= 15 is 0 Å². The summed E-state index contributed by atoms with van der Waals surface area (Å²) >= 11 is 0. The predicted octanol–water partition coefficient (Wildman–Crippen LogP) is 2.31. The molecule has 2 aromatic rings. The zero-order valence-electron chi connectivity index (χ0n) is 14.1. The minimum Gasteiger partial charge on any atom is -0.424 e. The molecule has 1 fully saturated rings. The Morgan fingerprint density at radius 1 is 1.26 bits per heavy atom. The molecule has 3 heterocycles. The zero-order valence-corrected chi connectivity index (χ0v) is 14.1. The Morgan fingerprint density at radius 2 is 2.09 bits per heavy atom. The van der Waals surface area contributed by atoms with Gasteiger partial charge in [0.05, 0.1) is 23.5 Å². The van der Waals surface area contributed by atoms with Crippen LogP contribution in [-0.4, -0.2) is 36.6 Å². The molecule has 1 saturated carbocycles. The number of hydrogen-bond donors (Lipinski definition) is 0. The van der Waals surface area contributed by atoms with Crippen LogP contribution in [0.25, 0.3) is 0 Å². The molecule has 0 N–H and O–H groups in total. The van der Waals surface area contributed by atoms with E-state index in [1.54, 1.807) is 0 Å². The highest BCUT2D eigenvalue weighted by molar-refractivity contribution is 5.16. The highest BCUT2D eigenvalue weighted by atomic mass is 16.4. The number of nitrogens with zero attached hydrogens (tertiary/aromatic N) is 6. The lowest BCUT2D eigenvalue weighted by atomic mass is 9.82. The lowest BCUT2D eigenvalue weighted by Crippen LogP contribution is -2.36. The van der Waals surface area contributed by atoms with Crippen LogP contribution < -0.4 is 0 Å². The monoisotopic (exact) mass is 316 g/mol. The van der Waals surface area contributed by atoms with E-state index in [1.165, 1.54) is 18.5 Å². The van der Waals surface area contributed by atoms with Crippen LogP contribution >= 0.6 is 0 Å². The highest BCUT2D eigenvalue weighted by Crippen LogP contribution is 2.38. The Hall–Kier alpha value is -1.76. The van der Waals surface area contributed by atoms with Crippen LogP contribution in [0.15, 0.2) is 4.42 Å². The highest BCUT2D eigenvalue weighted by Gasteiger charge is 2.34. The molecule has 0 aromatic carbocycles. The van der Waals surface area contributed by atoms with Crippen LogP contribution in [0.1, 0.15) is 68.9 Å². The first-order chi connectivity index (χ1) is 11.2. The molecule has 1 aliphatic heterocycles. The first-order valence-electron chi connectivity index (χ1n) is 8.65. The third kappa shape index (κ3) is 2.56. The van der Waals surface area contributed by atoms with Gasteiger partial charge >= 0.3 is 0 Å². The van der Waals surface area contributed by atoms with Gasteiger partial charge in [0, 0.05) is 25.9 Å².